The first-order valence-electron chi connectivity index (χ1n) is 8.72. The zero-order valence-corrected chi connectivity index (χ0v) is 15.3. The number of phenolic OH excluding ortho intramolecular Hbond substituents is 1. The summed E-state index contributed by atoms with van der Waals surface area (Å²) in [5.74, 6) is -0.0639. The van der Waals surface area contributed by atoms with Crippen LogP contribution in [0.3, 0.4) is 0 Å². The molecular weight excluding hydrogens is 352 g/mol. The van der Waals surface area contributed by atoms with Gasteiger partial charge in [0.25, 0.3) is 0 Å². The highest BCUT2D eigenvalue weighted by Crippen LogP contribution is 2.26. The Kier molecular flexibility index (Phi) is 5.73. The molecule has 0 bridgehead atoms. The predicted molar refractivity (Wildman–Crippen MR) is 103 cm³/mol. The van der Waals surface area contributed by atoms with E-state index in [0.29, 0.717) is 33.9 Å². The zero-order valence-electron chi connectivity index (χ0n) is 14.6. The van der Waals surface area contributed by atoms with E-state index >= 15 is 0 Å². The summed E-state index contributed by atoms with van der Waals surface area (Å²) >= 11 is 5.96. The number of rotatable bonds is 7. The second-order valence-corrected chi connectivity index (χ2v) is 6.62. The molecule has 0 saturated heterocycles. The van der Waals surface area contributed by atoms with Crippen molar-refractivity contribution in [3.05, 3.63) is 41.4 Å². The van der Waals surface area contributed by atoms with E-state index in [0.717, 1.165) is 25.7 Å². The number of halogens is 1. The summed E-state index contributed by atoms with van der Waals surface area (Å²) in [6.45, 7) is 2.14. The fraction of sp³-hybridized carbons (Fsp3) is 0.316. The molecule has 1 aromatic heterocycles. The third-order valence-electron chi connectivity index (χ3n) is 4.07. The fourth-order valence-electron chi connectivity index (χ4n) is 2.70. The van der Waals surface area contributed by atoms with E-state index < -0.39 is 0 Å². The molecule has 0 fully saturated rings. The molecule has 1 amide bonds. The van der Waals surface area contributed by atoms with Crippen LogP contribution in [0.4, 0.5) is 5.69 Å². The lowest BCUT2D eigenvalue weighted by atomic mass is 10.1. The average Bonchev–Trinajstić information content (AvgIpc) is 3.01. The van der Waals surface area contributed by atoms with Gasteiger partial charge in [-0.25, -0.2) is 0 Å². The van der Waals surface area contributed by atoms with Gasteiger partial charge in [-0.2, -0.15) is 0 Å². The van der Waals surface area contributed by atoms with Crippen molar-refractivity contribution in [1.29, 1.82) is 0 Å². The highest BCUT2D eigenvalue weighted by Gasteiger charge is 2.11. The first-order valence-corrected chi connectivity index (χ1v) is 9.10. The Labute approximate surface area is 156 Å². The van der Waals surface area contributed by atoms with Crippen LogP contribution in [-0.2, 0) is 4.79 Å². The first-order chi connectivity index (χ1) is 12.6. The topological polar surface area (TPSA) is 80.0 Å². The van der Waals surface area contributed by atoms with Crippen LogP contribution in [0.1, 0.15) is 39.0 Å². The molecule has 3 aromatic rings. The number of unbranched alkanes of at least 4 members (excludes halogenated alkanes) is 3. The van der Waals surface area contributed by atoms with Crippen molar-refractivity contribution in [3.63, 3.8) is 0 Å². The molecule has 0 saturated carbocycles. The molecule has 0 atom stereocenters. The van der Waals surface area contributed by atoms with Crippen molar-refractivity contribution < 1.29 is 9.90 Å². The van der Waals surface area contributed by atoms with Crippen LogP contribution in [0, 0.1) is 0 Å². The summed E-state index contributed by atoms with van der Waals surface area (Å²) in [6, 6.07) is 10.1. The summed E-state index contributed by atoms with van der Waals surface area (Å²) in [5, 5.41) is 22.3. The van der Waals surface area contributed by atoms with Gasteiger partial charge in [-0.3, -0.25) is 4.79 Å². The number of benzene rings is 2. The van der Waals surface area contributed by atoms with Crippen LogP contribution in [-0.4, -0.2) is 26.0 Å². The van der Waals surface area contributed by atoms with Gasteiger partial charge in [-0.15, -0.1) is 15.0 Å². The molecule has 0 aliphatic rings. The van der Waals surface area contributed by atoms with Crippen LogP contribution in [0.2, 0.25) is 5.02 Å². The number of nitrogens with one attached hydrogen (secondary N) is 1. The third kappa shape index (κ3) is 4.32. The number of amides is 1. The normalized spacial score (nSPS) is 11.0. The molecule has 0 aliphatic carbocycles. The molecule has 6 nitrogen and oxygen atoms in total. The smallest absolute Gasteiger partial charge is 0.224 e. The lowest BCUT2D eigenvalue weighted by Crippen LogP contribution is -2.11. The minimum absolute atomic E-state index is 0.0137. The SMILES string of the molecule is CCCCCCC(=O)Nc1ccc(-n2nc3ccc(Cl)cc3n2)c(O)c1. The predicted octanol–water partition coefficient (Wildman–Crippen LogP) is 4.69. The van der Waals surface area contributed by atoms with Crippen LogP contribution in [0.5, 0.6) is 5.75 Å². The highest BCUT2D eigenvalue weighted by atomic mass is 35.5. The lowest BCUT2D eigenvalue weighted by molar-refractivity contribution is -0.116. The molecule has 0 radical (unpaired) electrons. The maximum atomic E-state index is 12.0. The molecule has 2 aromatic carbocycles. The van der Waals surface area contributed by atoms with E-state index in [4.69, 9.17) is 11.6 Å². The van der Waals surface area contributed by atoms with Gasteiger partial charge in [-0.05, 0) is 36.8 Å². The Morgan fingerprint density at radius 2 is 1.92 bits per heavy atom. The Morgan fingerprint density at radius 1 is 1.12 bits per heavy atom. The van der Waals surface area contributed by atoms with Crippen LogP contribution in [0.15, 0.2) is 36.4 Å². The van der Waals surface area contributed by atoms with E-state index in [9.17, 15) is 9.90 Å². The molecule has 0 spiro atoms. The number of nitrogens with zero attached hydrogens (tertiary/aromatic N) is 3. The largest absolute Gasteiger partial charge is 0.506 e. The van der Waals surface area contributed by atoms with Gasteiger partial charge in [0.2, 0.25) is 5.91 Å². The number of carbonyl (C=O) groups is 1. The van der Waals surface area contributed by atoms with Gasteiger partial charge < -0.3 is 10.4 Å². The Morgan fingerprint density at radius 3 is 2.69 bits per heavy atom. The Bertz CT molecular complexity index is 923. The van der Waals surface area contributed by atoms with Crippen molar-refractivity contribution in [1.82, 2.24) is 15.0 Å². The standard InChI is InChI=1S/C19H21ClN4O2/c1-2-3-4-5-6-19(26)21-14-8-10-17(18(25)12-14)24-22-15-9-7-13(20)11-16(15)23-24/h7-12,25H,2-6H2,1H3,(H,21,26). The van der Waals surface area contributed by atoms with E-state index in [1.807, 2.05) is 0 Å². The summed E-state index contributed by atoms with van der Waals surface area (Å²) in [4.78, 5) is 13.3. The summed E-state index contributed by atoms with van der Waals surface area (Å²) in [5.41, 5.74) is 2.30. The quantitative estimate of drug-likeness (QED) is 0.589. The number of hydrogen-bond donors (Lipinski definition) is 2. The second kappa shape index (κ2) is 8.19. The number of fused-ring (bicyclic) bond motifs is 1. The minimum Gasteiger partial charge on any atom is -0.506 e. The Hall–Kier alpha value is -2.60. The van der Waals surface area contributed by atoms with Crippen molar-refractivity contribution >= 4 is 34.2 Å². The van der Waals surface area contributed by atoms with Crippen LogP contribution >= 0.6 is 11.6 Å². The van der Waals surface area contributed by atoms with Gasteiger partial charge in [-0.1, -0.05) is 37.8 Å². The number of aromatic nitrogens is 3. The Balaban J connectivity index is 1.71. The van der Waals surface area contributed by atoms with Gasteiger partial charge in [0.05, 0.1) is 0 Å². The van der Waals surface area contributed by atoms with Crippen molar-refractivity contribution in [2.24, 2.45) is 0 Å². The number of phenols is 1. The summed E-state index contributed by atoms with van der Waals surface area (Å²) in [7, 11) is 0. The number of anilines is 1. The maximum Gasteiger partial charge on any atom is 0.224 e. The maximum absolute atomic E-state index is 12.0. The van der Waals surface area contributed by atoms with E-state index in [-0.39, 0.29) is 11.7 Å². The second-order valence-electron chi connectivity index (χ2n) is 6.18. The monoisotopic (exact) mass is 372 g/mol. The number of hydrogen-bond acceptors (Lipinski definition) is 4. The molecule has 0 unspecified atom stereocenters. The van der Waals surface area contributed by atoms with Gasteiger partial charge >= 0.3 is 0 Å². The molecule has 3 rings (SSSR count). The molecule has 1 heterocycles. The van der Waals surface area contributed by atoms with Crippen LogP contribution < -0.4 is 5.32 Å². The number of aromatic hydroxyl groups is 1. The van der Waals surface area contributed by atoms with Crippen LogP contribution in [0.25, 0.3) is 16.7 Å². The lowest BCUT2D eigenvalue weighted by Gasteiger charge is -2.08. The van der Waals surface area contributed by atoms with Crippen molar-refractivity contribution in [2.75, 3.05) is 5.32 Å². The molecule has 136 valence electrons. The summed E-state index contributed by atoms with van der Waals surface area (Å²) < 4.78 is 0. The zero-order chi connectivity index (χ0) is 18.5. The molecule has 26 heavy (non-hydrogen) atoms. The van der Waals surface area contributed by atoms with Crippen molar-refractivity contribution in [3.8, 4) is 11.4 Å². The van der Waals surface area contributed by atoms with E-state index in [1.54, 1.807) is 30.3 Å². The van der Waals surface area contributed by atoms with Gasteiger partial charge in [0.1, 0.15) is 22.5 Å². The first kappa shape index (κ1) is 18.2. The fourth-order valence-corrected chi connectivity index (χ4v) is 2.87. The third-order valence-corrected chi connectivity index (χ3v) is 4.31. The summed E-state index contributed by atoms with van der Waals surface area (Å²) in [6.07, 6.45) is 4.68. The molecular formula is C19H21ClN4O2. The molecule has 7 heteroatoms. The van der Waals surface area contributed by atoms with E-state index in [1.165, 1.54) is 10.9 Å². The van der Waals surface area contributed by atoms with E-state index in [2.05, 4.69) is 22.4 Å². The van der Waals surface area contributed by atoms with Crippen molar-refractivity contribution in [2.45, 2.75) is 39.0 Å². The average molecular weight is 373 g/mol. The highest BCUT2D eigenvalue weighted by molar-refractivity contribution is 6.31. The van der Waals surface area contributed by atoms with Gasteiger partial charge in [0.15, 0.2) is 0 Å². The minimum atomic E-state index is -0.0501. The van der Waals surface area contributed by atoms with Gasteiger partial charge in [0, 0.05) is 23.2 Å². The molecule has 2 N–H and O–H groups in total. The number of carbonyl (C=O) groups excluding carboxylic acids is 1. The molecule has 0 aliphatic heterocycles.